The highest BCUT2D eigenvalue weighted by Crippen LogP contribution is 2.22. The summed E-state index contributed by atoms with van der Waals surface area (Å²) >= 11 is 0. The lowest BCUT2D eigenvalue weighted by Gasteiger charge is -2.36. The van der Waals surface area contributed by atoms with Crippen molar-refractivity contribution in [3.63, 3.8) is 0 Å². The van der Waals surface area contributed by atoms with Crippen molar-refractivity contribution in [1.82, 2.24) is 5.32 Å². The molecule has 0 aromatic rings. The van der Waals surface area contributed by atoms with Crippen LogP contribution in [0.25, 0.3) is 0 Å². The number of nitrogens with two attached hydrogens (primary N) is 1. The largest absolute Gasteiger partial charge is 0.395 e. The first-order valence-electron chi connectivity index (χ1n) is 4.80. The van der Waals surface area contributed by atoms with Crippen LogP contribution in [0.15, 0.2) is 0 Å². The molecule has 0 amide bonds. The van der Waals surface area contributed by atoms with E-state index in [1.165, 1.54) is 0 Å². The molecule has 0 saturated carbocycles. The molecule has 5 nitrogen and oxygen atoms in total. The topological polar surface area (TPSA) is 92.4 Å². The van der Waals surface area contributed by atoms with Crippen LogP contribution >= 0.6 is 0 Å². The van der Waals surface area contributed by atoms with Gasteiger partial charge in [-0.25, -0.2) is 8.42 Å². The van der Waals surface area contributed by atoms with Crippen molar-refractivity contribution >= 4 is 9.84 Å². The fourth-order valence-corrected chi connectivity index (χ4v) is 3.31. The van der Waals surface area contributed by atoms with E-state index in [4.69, 9.17) is 10.8 Å². The van der Waals surface area contributed by atoms with E-state index < -0.39 is 9.84 Å². The Hall–Kier alpha value is -0.170. The number of rotatable bonds is 4. The van der Waals surface area contributed by atoms with Gasteiger partial charge in [0.05, 0.1) is 18.1 Å². The second-order valence-corrected chi connectivity index (χ2v) is 6.09. The van der Waals surface area contributed by atoms with E-state index in [0.717, 1.165) is 0 Å². The molecule has 14 heavy (non-hydrogen) atoms. The lowest BCUT2D eigenvalue weighted by atomic mass is 9.92. The number of aliphatic hydroxyl groups is 1. The summed E-state index contributed by atoms with van der Waals surface area (Å²) < 4.78 is 22.4. The van der Waals surface area contributed by atoms with Gasteiger partial charge in [-0.15, -0.1) is 0 Å². The molecule has 0 radical (unpaired) electrons. The molecule has 1 fully saturated rings. The SMILES string of the molecule is NCC1(NCCO)CCS(=O)(=O)CC1. The van der Waals surface area contributed by atoms with Gasteiger partial charge in [-0.3, -0.25) is 0 Å². The highest BCUT2D eigenvalue weighted by Gasteiger charge is 2.35. The fourth-order valence-electron chi connectivity index (χ4n) is 1.70. The Kier molecular flexibility index (Phi) is 3.88. The first-order chi connectivity index (χ1) is 6.54. The number of sulfone groups is 1. The van der Waals surface area contributed by atoms with Crippen molar-refractivity contribution in [2.24, 2.45) is 5.73 Å². The van der Waals surface area contributed by atoms with Crippen LogP contribution in [0.2, 0.25) is 0 Å². The molecule has 0 aromatic carbocycles. The van der Waals surface area contributed by atoms with Crippen LogP contribution in [-0.2, 0) is 9.84 Å². The Balaban J connectivity index is 2.56. The first kappa shape index (κ1) is 11.9. The molecular weight excluding hydrogens is 204 g/mol. The van der Waals surface area contributed by atoms with Crippen molar-refractivity contribution in [3.05, 3.63) is 0 Å². The van der Waals surface area contributed by atoms with E-state index in [1.54, 1.807) is 0 Å². The van der Waals surface area contributed by atoms with E-state index in [0.29, 0.717) is 25.9 Å². The predicted octanol–water partition coefficient (Wildman–Crippen LogP) is -1.53. The summed E-state index contributed by atoms with van der Waals surface area (Å²) in [5, 5.41) is 11.8. The van der Waals surface area contributed by atoms with Gasteiger partial charge in [0.1, 0.15) is 9.84 Å². The third-order valence-corrected chi connectivity index (χ3v) is 4.44. The summed E-state index contributed by atoms with van der Waals surface area (Å²) in [4.78, 5) is 0. The van der Waals surface area contributed by atoms with Crippen LogP contribution in [-0.4, -0.2) is 50.3 Å². The molecule has 4 N–H and O–H groups in total. The van der Waals surface area contributed by atoms with Crippen molar-refractivity contribution < 1.29 is 13.5 Å². The number of aliphatic hydroxyl groups excluding tert-OH is 1. The first-order valence-corrected chi connectivity index (χ1v) is 6.62. The van der Waals surface area contributed by atoms with Crippen molar-refractivity contribution in [2.75, 3.05) is 31.2 Å². The number of nitrogens with one attached hydrogen (secondary N) is 1. The van der Waals surface area contributed by atoms with Crippen LogP contribution in [0, 0.1) is 0 Å². The quantitative estimate of drug-likeness (QED) is 0.537. The zero-order valence-corrected chi connectivity index (χ0v) is 9.02. The molecule has 1 aliphatic heterocycles. The Morgan fingerprint density at radius 3 is 2.36 bits per heavy atom. The summed E-state index contributed by atoms with van der Waals surface area (Å²) in [6.45, 7) is 0.939. The Morgan fingerprint density at radius 1 is 1.36 bits per heavy atom. The van der Waals surface area contributed by atoms with E-state index in [9.17, 15) is 8.42 Å². The standard InChI is InChI=1S/C8H18N2O3S/c9-7-8(10-3-4-11)1-5-14(12,13)6-2-8/h10-11H,1-7,9H2. The minimum Gasteiger partial charge on any atom is -0.395 e. The predicted molar refractivity (Wildman–Crippen MR) is 54.8 cm³/mol. The van der Waals surface area contributed by atoms with Gasteiger partial charge in [-0.1, -0.05) is 0 Å². The molecule has 0 unspecified atom stereocenters. The van der Waals surface area contributed by atoms with Crippen LogP contribution in [0.5, 0.6) is 0 Å². The summed E-state index contributed by atoms with van der Waals surface area (Å²) in [6.07, 6.45) is 1.09. The Morgan fingerprint density at radius 2 is 1.93 bits per heavy atom. The van der Waals surface area contributed by atoms with Gasteiger partial charge < -0.3 is 16.2 Å². The van der Waals surface area contributed by atoms with Crippen molar-refractivity contribution in [3.8, 4) is 0 Å². The van der Waals surface area contributed by atoms with E-state index in [1.807, 2.05) is 0 Å². The molecule has 0 bridgehead atoms. The van der Waals surface area contributed by atoms with E-state index in [2.05, 4.69) is 5.32 Å². The monoisotopic (exact) mass is 222 g/mol. The maximum absolute atomic E-state index is 11.2. The third kappa shape index (κ3) is 2.91. The normalized spacial score (nSPS) is 24.7. The molecule has 1 saturated heterocycles. The van der Waals surface area contributed by atoms with E-state index >= 15 is 0 Å². The van der Waals surface area contributed by atoms with Crippen molar-refractivity contribution in [1.29, 1.82) is 0 Å². The smallest absolute Gasteiger partial charge is 0.150 e. The molecule has 0 atom stereocenters. The van der Waals surface area contributed by atoms with Crippen LogP contribution in [0.3, 0.4) is 0 Å². The summed E-state index contributed by atoms with van der Waals surface area (Å²) in [5.41, 5.74) is 5.34. The van der Waals surface area contributed by atoms with E-state index in [-0.39, 0.29) is 23.7 Å². The molecule has 0 spiro atoms. The van der Waals surface area contributed by atoms with Gasteiger partial charge in [0, 0.05) is 18.6 Å². The summed E-state index contributed by atoms with van der Waals surface area (Å²) in [6, 6.07) is 0. The van der Waals surface area contributed by atoms with Gasteiger partial charge >= 0.3 is 0 Å². The minimum atomic E-state index is -2.85. The van der Waals surface area contributed by atoms with Gasteiger partial charge in [-0.2, -0.15) is 0 Å². The molecule has 1 rings (SSSR count). The molecule has 84 valence electrons. The molecule has 6 heteroatoms. The lowest BCUT2D eigenvalue weighted by molar-refractivity contribution is 0.242. The zero-order chi connectivity index (χ0) is 10.7. The number of hydrogen-bond donors (Lipinski definition) is 3. The maximum Gasteiger partial charge on any atom is 0.150 e. The molecule has 0 aromatic heterocycles. The average Bonchev–Trinajstić information content (AvgIpc) is 2.18. The minimum absolute atomic E-state index is 0.0501. The Labute approximate surface area is 84.6 Å². The number of β-amino-alcohol motifs (C(OH)–C–C–N with tert-alkyl or cyclic N) is 1. The highest BCUT2D eigenvalue weighted by molar-refractivity contribution is 7.91. The van der Waals surface area contributed by atoms with Gasteiger partial charge in [-0.05, 0) is 12.8 Å². The molecular formula is C8H18N2O3S. The molecule has 0 aliphatic carbocycles. The van der Waals surface area contributed by atoms with Crippen LogP contribution in [0.1, 0.15) is 12.8 Å². The van der Waals surface area contributed by atoms with Crippen molar-refractivity contribution in [2.45, 2.75) is 18.4 Å². The third-order valence-electron chi connectivity index (χ3n) is 2.79. The highest BCUT2D eigenvalue weighted by atomic mass is 32.2. The summed E-state index contributed by atoms with van der Waals surface area (Å²) in [5.74, 6) is 0.394. The van der Waals surface area contributed by atoms with Gasteiger partial charge in [0.25, 0.3) is 0 Å². The van der Waals surface area contributed by atoms with Crippen LogP contribution < -0.4 is 11.1 Å². The maximum atomic E-state index is 11.2. The molecule has 1 aliphatic rings. The van der Waals surface area contributed by atoms with Gasteiger partial charge in [0.2, 0.25) is 0 Å². The number of hydrogen-bond acceptors (Lipinski definition) is 5. The lowest BCUT2D eigenvalue weighted by Crippen LogP contribution is -2.56. The second kappa shape index (κ2) is 4.57. The average molecular weight is 222 g/mol. The zero-order valence-electron chi connectivity index (χ0n) is 8.20. The second-order valence-electron chi connectivity index (χ2n) is 3.79. The van der Waals surface area contributed by atoms with Crippen LogP contribution in [0.4, 0.5) is 0 Å². The summed E-state index contributed by atoms with van der Waals surface area (Å²) in [7, 11) is -2.85. The molecule has 1 heterocycles. The fraction of sp³-hybridized carbons (Fsp3) is 1.00. The van der Waals surface area contributed by atoms with Gasteiger partial charge in [0.15, 0.2) is 0 Å². The Bertz CT molecular complexity index is 262.